The Morgan fingerprint density at radius 3 is 2.67 bits per heavy atom. The highest BCUT2D eigenvalue weighted by molar-refractivity contribution is 6.37. The number of carbonyl (C=O) groups is 2. The van der Waals surface area contributed by atoms with Crippen molar-refractivity contribution in [2.45, 2.75) is 18.6 Å². The predicted octanol–water partition coefficient (Wildman–Crippen LogP) is 3.25. The Balaban J connectivity index is 1.69. The number of hydrogen-bond acceptors (Lipinski definition) is 5. The molecule has 0 spiro atoms. The van der Waals surface area contributed by atoms with E-state index < -0.39 is 29.7 Å². The maximum atomic E-state index is 13.9. The maximum absolute atomic E-state index is 13.9. The van der Waals surface area contributed by atoms with Gasteiger partial charge in [-0.3, -0.25) is 9.59 Å². The number of halogens is 1. The van der Waals surface area contributed by atoms with Gasteiger partial charge < -0.3 is 15.4 Å². The van der Waals surface area contributed by atoms with Gasteiger partial charge in [0.2, 0.25) is 5.78 Å². The molecule has 2 N–H and O–H groups in total. The van der Waals surface area contributed by atoms with Crippen LogP contribution >= 0.6 is 0 Å². The summed E-state index contributed by atoms with van der Waals surface area (Å²) >= 11 is 0. The second-order valence-electron chi connectivity index (χ2n) is 7.55. The highest BCUT2D eigenvalue weighted by Crippen LogP contribution is 2.31. The third kappa shape index (κ3) is 4.69. The van der Waals surface area contributed by atoms with E-state index in [0.29, 0.717) is 23.4 Å². The van der Waals surface area contributed by atoms with Crippen LogP contribution < -0.4 is 10.5 Å². The van der Waals surface area contributed by atoms with Gasteiger partial charge in [-0.2, -0.15) is 5.10 Å². The van der Waals surface area contributed by atoms with Crippen molar-refractivity contribution in [3.63, 3.8) is 0 Å². The first-order chi connectivity index (χ1) is 16.0. The van der Waals surface area contributed by atoms with E-state index in [0.717, 1.165) is 5.56 Å². The van der Waals surface area contributed by atoms with Crippen molar-refractivity contribution in [2.24, 2.45) is 5.73 Å². The minimum Gasteiger partial charge on any atom is -0.496 e. The number of nitrogens with two attached hydrogens (primary N) is 1. The average molecular weight is 446 g/mol. The molecular formula is C25H23FN4O3. The number of methoxy groups -OCH3 is 1. The second-order valence-corrected chi connectivity index (χ2v) is 7.55. The molecule has 3 aromatic rings. The highest BCUT2D eigenvalue weighted by Gasteiger charge is 2.33. The van der Waals surface area contributed by atoms with E-state index in [1.54, 1.807) is 40.2 Å². The fraction of sp³-hybridized carbons (Fsp3) is 0.160. The number of Topliss-reactive ketones (excluding diaryl/α,β-unsaturated/α-hetero) is 1. The van der Waals surface area contributed by atoms with Gasteiger partial charge >= 0.3 is 0 Å². The van der Waals surface area contributed by atoms with Crippen LogP contribution in [0.4, 0.5) is 4.39 Å². The minimum absolute atomic E-state index is 0.295. The van der Waals surface area contributed by atoms with Crippen LogP contribution in [0.25, 0.3) is 11.3 Å². The molecular weight excluding hydrogens is 423 g/mol. The van der Waals surface area contributed by atoms with Gasteiger partial charge in [0.15, 0.2) is 0 Å². The van der Waals surface area contributed by atoms with Crippen LogP contribution in [0.1, 0.15) is 11.7 Å². The van der Waals surface area contributed by atoms with E-state index >= 15 is 0 Å². The Morgan fingerprint density at radius 2 is 1.94 bits per heavy atom. The standard InChI is InChI=1S/C25H23FN4O3/c1-33-22-11-10-18(26)16-19(22)20-12-14-30(28-20)23-9-5-6-13-29(23)21(24(31)25(27)32)15-17-7-3-2-4-8-17/h2-14,16,21,23H,15H2,1H3,(H2,27,32). The number of hydrogen-bond donors (Lipinski definition) is 1. The fourth-order valence-electron chi connectivity index (χ4n) is 3.86. The molecule has 2 atom stereocenters. The SMILES string of the molecule is COc1ccc(F)cc1-c1ccn(C2C=CC=CN2C(Cc2ccccc2)C(=O)C(N)=O)n1. The van der Waals surface area contributed by atoms with Gasteiger partial charge in [-0.05, 0) is 42.0 Å². The Bertz CT molecular complexity index is 1220. The lowest BCUT2D eigenvalue weighted by Gasteiger charge is -2.36. The number of carbonyl (C=O) groups excluding carboxylic acids is 2. The summed E-state index contributed by atoms with van der Waals surface area (Å²) in [4.78, 5) is 26.4. The molecule has 0 aliphatic carbocycles. The molecule has 0 fully saturated rings. The first-order valence-electron chi connectivity index (χ1n) is 10.4. The normalized spacial score (nSPS) is 15.9. The number of ketones is 1. The molecule has 168 valence electrons. The van der Waals surface area contributed by atoms with Crippen molar-refractivity contribution in [3.05, 3.63) is 96.6 Å². The van der Waals surface area contributed by atoms with E-state index in [1.807, 2.05) is 42.5 Å². The van der Waals surface area contributed by atoms with Crippen molar-refractivity contribution in [2.75, 3.05) is 7.11 Å². The van der Waals surface area contributed by atoms with Crippen LogP contribution in [0.5, 0.6) is 5.75 Å². The van der Waals surface area contributed by atoms with Crippen LogP contribution in [0, 0.1) is 5.82 Å². The Kier molecular flexibility index (Phi) is 6.35. The fourth-order valence-corrected chi connectivity index (χ4v) is 3.86. The quantitative estimate of drug-likeness (QED) is 0.537. The Morgan fingerprint density at radius 1 is 1.15 bits per heavy atom. The largest absolute Gasteiger partial charge is 0.496 e. The molecule has 33 heavy (non-hydrogen) atoms. The van der Waals surface area contributed by atoms with Gasteiger partial charge in [0.05, 0.1) is 12.8 Å². The number of allylic oxidation sites excluding steroid dienone is 2. The summed E-state index contributed by atoms with van der Waals surface area (Å²) in [7, 11) is 1.51. The monoisotopic (exact) mass is 446 g/mol. The lowest BCUT2D eigenvalue weighted by molar-refractivity contribution is -0.139. The number of ether oxygens (including phenoxy) is 1. The molecule has 4 rings (SSSR count). The number of rotatable bonds is 8. The first kappa shape index (κ1) is 22.0. The zero-order chi connectivity index (χ0) is 23.4. The first-order valence-corrected chi connectivity index (χ1v) is 10.4. The van der Waals surface area contributed by atoms with Crippen LogP contribution in [-0.2, 0) is 16.0 Å². The van der Waals surface area contributed by atoms with Gasteiger partial charge in [0.1, 0.15) is 23.8 Å². The average Bonchev–Trinajstić information content (AvgIpc) is 3.33. The van der Waals surface area contributed by atoms with Crippen molar-refractivity contribution in [1.82, 2.24) is 14.7 Å². The molecule has 2 heterocycles. The zero-order valence-electron chi connectivity index (χ0n) is 18.0. The van der Waals surface area contributed by atoms with Gasteiger partial charge in [-0.1, -0.05) is 36.4 Å². The molecule has 1 amide bonds. The number of primary amides is 1. The number of benzene rings is 2. The maximum Gasteiger partial charge on any atom is 0.287 e. The van der Waals surface area contributed by atoms with Crippen molar-refractivity contribution < 1.29 is 18.7 Å². The number of nitrogens with zero attached hydrogens (tertiary/aromatic N) is 3. The van der Waals surface area contributed by atoms with E-state index in [4.69, 9.17) is 10.5 Å². The molecule has 2 unspecified atom stereocenters. The molecule has 0 radical (unpaired) electrons. The third-order valence-electron chi connectivity index (χ3n) is 5.45. The topological polar surface area (TPSA) is 90.5 Å². The van der Waals surface area contributed by atoms with E-state index in [2.05, 4.69) is 5.10 Å². The van der Waals surface area contributed by atoms with Crippen LogP contribution in [0.3, 0.4) is 0 Å². The smallest absolute Gasteiger partial charge is 0.287 e. The van der Waals surface area contributed by atoms with Gasteiger partial charge in [0, 0.05) is 24.4 Å². The lowest BCUT2D eigenvalue weighted by Crippen LogP contribution is -2.48. The zero-order valence-corrected chi connectivity index (χ0v) is 18.0. The molecule has 0 bridgehead atoms. The van der Waals surface area contributed by atoms with Gasteiger partial charge in [0.25, 0.3) is 5.91 Å². The Labute approximate surface area is 190 Å². The van der Waals surface area contributed by atoms with Gasteiger partial charge in [-0.15, -0.1) is 0 Å². The van der Waals surface area contributed by atoms with Gasteiger partial charge in [-0.25, -0.2) is 9.07 Å². The number of aromatic nitrogens is 2. The third-order valence-corrected chi connectivity index (χ3v) is 5.45. The summed E-state index contributed by atoms with van der Waals surface area (Å²) in [5.74, 6) is -1.60. The summed E-state index contributed by atoms with van der Waals surface area (Å²) in [5.41, 5.74) is 7.29. The minimum atomic E-state index is -0.997. The predicted molar refractivity (Wildman–Crippen MR) is 121 cm³/mol. The van der Waals surface area contributed by atoms with Crippen LogP contribution in [-0.4, -0.2) is 39.5 Å². The summed E-state index contributed by atoms with van der Waals surface area (Å²) in [6.07, 6.45) is 8.73. The van der Waals surface area contributed by atoms with E-state index in [9.17, 15) is 14.0 Å². The molecule has 0 saturated heterocycles. The molecule has 0 saturated carbocycles. The van der Waals surface area contributed by atoms with Crippen molar-refractivity contribution in [1.29, 1.82) is 0 Å². The molecule has 1 aromatic heterocycles. The number of amides is 1. The Hall–Kier alpha value is -4.20. The summed E-state index contributed by atoms with van der Waals surface area (Å²) in [6.45, 7) is 0. The lowest BCUT2D eigenvalue weighted by atomic mass is 9.99. The van der Waals surface area contributed by atoms with Crippen molar-refractivity contribution in [3.8, 4) is 17.0 Å². The molecule has 8 heteroatoms. The highest BCUT2D eigenvalue weighted by atomic mass is 19.1. The van der Waals surface area contributed by atoms with E-state index in [-0.39, 0.29) is 0 Å². The van der Waals surface area contributed by atoms with E-state index in [1.165, 1.54) is 19.2 Å². The van der Waals surface area contributed by atoms with Crippen molar-refractivity contribution >= 4 is 11.7 Å². The second kappa shape index (κ2) is 9.52. The molecule has 7 nitrogen and oxygen atoms in total. The molecule has 2 aromatic carbocycles. The summed E-state index contributed by atoms with van der Waals surface area (Å²) < 4.78 is 20.9. The van der Waals surface area contributed by atoms with Crippen LogP contribution in [0.2, 0.25) is 0 Å². The molecule has 1 aliphatic heterocycles. The molecule has 1 aliphatic rings. The summed E-state index contributed by atoms with van der Waals surface area (Å²) in [5, 5.41) is 4.61. The van der Waals surface area contributed by atoms with Crippen LogP contribution in [0.15, 0.2) is 85.2 Å². The summed E-state index contributed by atoms with van der Waals surface area (Å²) in [6, 6.07) is 14.5.